The fraction of sp³-hybridized carbons (Fsp3) is 0.917. The van der Waals surface area contributed by atoms with Gasteiger partial charge in [-0.3, -0.25) is 4.79 Å². The van der Waals surface area contributed by atoms with Crippen molar-refractivity contribution in [1.29, 1.82) is 0 Å². The highest BCUT2D eigenvalue weighted by Crippen LogP contribution is 2.08. The Hall–Kier alpha value is -0.610. The van der Waals surface area contributed by atoms with Crippen LogP contribution in [0.15, 0.2) is 0 Å². The van der Waals surface area contributed by atoms with Gasteiger partial charge < -0.3 is 15.0 Å². The Bertz CT molecular complexity index is 219. The molecule has 1 amide bonds. The summed E-state index contributed by atoms with van der Waals surface area (Å²) in [4.78, 5) is 13.3. The van der Waals surface area contributed by atoms with Crippen LogP contribution in [-0.4, -0.2) is 49.7 Å². The van der Waals surface area contributed by atoms with Crippen molar-refractivity contribution in [3.05, 3.63) is 0 Å². The highest BCUT2D eigenvalue weighted by Gasteiger charge is 2.27. The maximum atomic E-state index is 11.6. The van der Waals surface area contributed by atoms with E-state index in [9.17, 15) is 4.79 Å². The molecule has 1 saturated heterocycles. The highest BCUT2D eigenvalue weighted by molar-refractivity contribution is 5.83. The lowest BCUT2D eigenvalue weighted by Crippen LogP contribution is -2.37. The molecular weight excluding hydrogens is 204 g/mol. The summed E-state index contributed by atoms with van der Waals surface area (Å²) in [7, 11) is 1.86. The maximum absolute atomic E-state index is 11.6. The Morgan fingerprint density at radius 1 is 1.50 bits per heavy atom. The minimum absolute atomic E-state index is 0.0519. The van der Waals surface area contributed by atoms with Gasteiger partial charge in [-0.05, 0) is 39.7 Å². The zero-order valence-electron chi connectivity index (χ0n) is 10.7. The topological polar surface area (TPSA) is 41.6 Å². The molecule has 0 aromatic rings. The van der Waals surface area contributed by atoms with Gasteiger partial charge in [0, 0.05) is 20.2 Å². The van der Waals surface area contributed by atoms with E-state index in [2.05, 4.69) is 5.32 Å². The fourth-order valence-corrected chi connectivity index (χ4v) is 1.83. The van der Waals surface area contributed by atoms with E-state index in [0.717, 1.165) is 39.0 Å². The average Bonchev–Trinajstić information content (AvgIpc) is 2.54. The van der Waals surface area contributed by atoms with Gasteiger partial charge in [-0.15, -0.1) is 0 Å². The number of amides is 1. The van der Waals surface area contributed by atoms with Crippen molar-refractivity contribution in [3.8, 4) is 0 Å². The number of nitrogens with one attached hydrogen (secondary N) is 1. The lowest BCUT2D eigenvalue weighted by atomic mass is 10.2. The first-order valence-electron chi connectivity index (χ1n) is 6.21. The van der Waals surface area contributed by atoms with Crippen LogP contribution in [0.4, 0.5) is 0 Å². The molecule has 1 N–H and O–H groups in total. The van der Waals surface area contributed by atoms with Crippen LogP contribution < -0.4 is 5.32 Å². The van der Waals surface area contributed by atoms with Crippen molar-refractivity contribution in [2.45, 2.75) is 45.3 Å². The number of ether oxygens (including phenoxy) is 1. The van der Waals surface area contributed by atoms with E-state index in [1.807, 2.05) is 20.9 Å². The first-order valence-corrected chi connectivity index (χ1v) is 6.21. The predicted octanol–water partition coefficient (Wildman–Crippen LogP) is 1.01. The molecule has 0 bridgehead atoms. The molecule has 0 aromatic heterocycles. The number of likely N-dealkylation sites (N-methyl/N-ethyl adjacent to an activating group) is 1. The molecule has 4 heteroatoms. The molecule has 1 rings (SSSR count). The number of rotatable bonds is 7. The van der Waals surface area contributed by atoms with Crippen LogP contribution in [-0.2, 0) is 9.53 Å². The monoisotopic (exact) mass is 228 g/mol. The third kappa shape index (κ3) is 4.49. The van der Waals surface area contributed by atoms with Gasteiger partial charge in [-0.1, -0.05) is 0 Å². The Morgan fingerprint density at radius 3 is 2.81 bits per heavy atom. The number of hydrogen-bond acceptors (Lipinski definition) is 3. The lowest BCUT2D eigenvalue weighted by molar-refractivity contribution is -0.128. The van der Waals surface area contributed by atoms with E-state index >= 15 is 0 Å². The van der Waals surface area contributed by atoms with Gasteiger partial charge in [-0.2, -0.15) is 0 Å². The molecule has 16 heavy (non-hydrogen) atoms. The molecule has 1 fully saturated rings. The van der Waals surface area contributed by atoms with Crippen molar-refractivity contribution >= 4 is 5.91 Å². The normalized spacial score (nSPS) is 21.1. The second-order valence-electron chi connectivity index (χ2n) is 4.68. The molecule has 0 aliphatic carbocycles. The van der Waals surface area contributed by atoms with Crippen LogP contribution in [0, 0.1) is 0 Å². The summed E-state index contributed by atoms with van der Waals surface area (Å²) < 4.78 is 5.45. The molecule has 94 valence electrons. The van der Waals surface area contributed by atoms with Crippen LogP contribution in [0.3, 0.4) is 0 Å². The van der Waals surface area contributed by atoms with Crippen molar-refractivity contribution in [3.63, 3.8) is 0 Å². The molecule has 0 aromatic carbocycles. The number of likely N-dealkylation sites (tertiary alicyclic amines) is 1. The first kappa shape index (κ1) is 13.5. The maximum Gasteiger partial charge on any atom is 0.239 e. The van der Waals surface area contributed by atoms with Crippen molar-refractivity contribution in [1.82, 2.24) is 10.2 Å². The van der Waals surface area contributed by atoms with Crippen LogP contribution >= 0.6 is 0 Å². The number of carbonyl (C=O) groups is 1. The minimum atomic E-state index is 0.0519. The van der Waals surface area contributed by atoms with Crippen molar-refractivity contribution < 1.29 is 9.53 Å². The van der Waals surface area contributed by atoms with Gasteiger partial charge in [0.25, 0.3) is 0 Å². The van der Waals surface area contributed by atoms with Crippen LogP contribution in [0.1, 0.15) is 33.1 Å². The molecule has 1 atom stereocenters. The third-order valence-corrected chi connectivity index (χ3v) is 2.84. The molecule has 1 unspecified atom stereocenters. The number of unbranched alkanes of at least 4 members (excludes halogenated alkanes) is 1. The quantitative estimate of drug-likeness (QED) is 0.661. The SMILES string of the molecule is CC(C)OCCCCNC1CCN(C)C1=O. The fourth-order valence-electron chi connectivity index (χ4n) is 1.83. The van der Waals surface area contributed by atoms with Crippen LogP contribution in [0.2, 0.25) is 0 Å². The largest absolute Gasteiger partial charge is 0.379 e. The van der Waals surface area contributed by atoms with Crippen molar-refractivity contribution in [2.24, 2.45) is 0 Å². The smallest absolute Gasteiger partial charge is 0.239 e. The molecule has 4 nitrogen and oxygen atoms in total. The number of hydrogen-bond donors (Lipinski definition) is 1. The Labute approximate surface area is 98.3 Å². The van der Waals surface area contributed by atoms with Gasteiger partial charge in [0.2, 0.25) is 5.91 Å². The zero-order chi connectivity index (χ0) is 12.0. The van der Waals surface area contributed by atoms with Crippen molar-refractivity contribution in [2.75, 3.05) is 26.7 Å². The van der Waals surface area contributed by atoms with Gasteiger partial charge >= 0.3 is 0 Å². The summed E-state index contributed by atoms with van der Waals surface area (Å²) in [6, 6.07) is 0.0519. The molecular formula is C12H24N2O2. The lowest BCUT2D eigenvalue weighted by Gasteiger charge is -2.12. The highest BCUT2D eigenvalue weighted by atomic mass is 16.5. The number of carbonyl (C=O) groups excluding carboxylic acids is 1. The summed E-state index contributed by atoms with van der Waals surface area (Å²) in [5.74, 6) is 0.235. The van der Waals surface area contributed by atoms with E-state index in [1.54, 1.807) is 4.90 Å². The van der Waals surface area contributed by atoms with Gasteiger partial charge in [0.1, 0.15) is 0 Å². The van der Waals surface area contributed by atoms with E-state index in [0.29, 0.717) is 6.10 Å². The van der Waals surface area contributed by atoms with Gasteiger partial charge in [0.05, 0.1) is 12.1 Å². The molecule has 1 aliphatic heterocycles. The molecule has 0 saturated carbocycles. The Kier molecular flexibility index (Phi) is 5.77. The number of nitrogens with zero attached hydrogens (tertiary/aromatic N) is 1. The van der Waals surface area contributed by atoms with Crippen LogP contribution in [0.25, 0.3) is 0 Å². The standard InChI is InChI=1S/C12H24N2O2/c1-10(2)16-9-5-4-7-13-11-6-8-14(3)12(11)15/h10-11,13H,4-9H2,1-3H3. The van der Waals surface area contributed by atoms with E-state index in [1.165, 1.54) is 0 Å². The first-order chi connectivity index (χ1) is 7.61. The second kappa shape index (κ2) is 6.86. The summed E-state index contributed by atoms with van der Waals surface area (Å²) in [5, 5.41) is 3.30. The summed E-state index contributed by atoms with van der Waals surface area (Å²) >= 11 is 0. The zero-order valence-corrected chi connectivity index (χ0v) is 10.7. The summed E-state index contributed by atoms with van der Waals surface area (Å²) in [5.41, 5.74) is 0. The Balaban J connectivity index is 1.97. The summed E-state index contributed by atoms with van der Waals surface area (Å²) in [6.07, 6.45) is 3.39. The predicted molar refractivity (Wildman–Crippen MR) is 64.4 cm³/mol. The van der Waals surface area contributed by atoms with E-state index in [4.69, 9.17) is 4.74 Å². The minimum Gasteiger partial charge on any atom is -0.379 e. The van der Waals surface area contributed by atoms with Gasteiger partial charge in [0.15, 0.2) is 0 Å². The molecule has 0 radical (unpaired) electrons. The summed E-state index contributed by atoms with van der Waals surface area (Å²) in [6.45, 7) is 6.70. The molecule has 0 spiro atoms. The van der Waals surface area contributed by atoms with Gasteiger partial charge in [-0.25, -0.2) is 0 Å². The van der Waals surface area contributed by atoms with Crippen LogP contribution in [0.5, 0.6) is 0 Å². The molecule has 1 heterocycles. The van der Waals surface area contributed by atoms with E-state index < -0.39 is 0 Å². The second-order valence-corrected chi connectivity index (χ2v) is 4.68. The Morgan fingerprint density at radius 2 is 2.25 bits per heavy atom. The molecule has 1 aliphatic rings. The average molecular weight is 228 g/mol. The van der Waals surface area contributed by atoms with E-state index in [-0.39, 0.29) is 11.9 Å². The third-order valence-electron chi connectivity index (χ3n) is 2.84.